The van der Waals surface area contributed by atoms with Gasteiger partial charge in [-0.2, -0.15) is 0 Å². The van der Waals surface area contributed by atoms with Gasteiger partial charge in [0.1, 0.15) is 5.69 Å². The van der Waals surface area contributed by atoms with Crippen molar-refractivity contribution in [2.75, 3.05) is 0 Å². The van der Waals surface area contributed by atoms with Gasteiger partial charge >= 0.3 is 0 Å². The molecular formula is C8H5ClN2O2. The summed E-state index contributed by atoms with van der Waals surface area (Å²) >= 11 is 5.73. The molecule has 0 saturated carbocycles. The van der Waals surface area contributed by atoms with Crippen LogP contribution in [0.2, 0.25) is 5.15 Å². The van der Waals surface area contributed by atoms with Crippen molar-refractivity contribution in [3.05, 3.63) is 29.2 Å². The average molecular weight is 197 g/mol. The van der Waals surface area contributed by atoms with Crippen LogP contribution in [0.5, 0.6) is 0 Å². The van der Waals surface area contributed by atoms with Gasteiger partial charge in [0.2, 0.25) is 0 Å². The first-order chi connectivity index (χ1) is 6.18. The van der Waals surface area contributed by atoms with Gasteiger partial charge in [-0.05, 0) is 12.1 Å². The van der Waals surface area contributed by atoms with Crippen LogP contribution in [-0.2, 0) is 0 Å². The van der Waals surface area contributed by atoms with Crippen LogP contribution in [0.25, 0.3) is 11.0 Å². The fraction of sp³-hybridized carbons (Fsp3) is 0. The Hall–Kier alpha value is -1.55. The monoisotopic (exact) mass is 196 g/mol. The molecule has 2 N–H and O–H groups in total. The molecule has 0 aliphatic rings. The molecule has 4 nitrogen and oxygen atoms in total. The summed E-state index contributed by atoms with van der Waals surface area (Å²) in [6.07, 6.45) is 1.48. The van der Waals surface area contributed by atoms with E-state index in [4.69, 9.17) is 21.8 Å². The van der Waals surface area contributed by atoms with Gasteiger partial charge in [0, 0.05) is 5.39 Å². The number of furan rings is 1. The van der Waals surface area contributed by atoms with E-state index in [1.165, 1.54) is 12.3 Å². The fourth-order valence-electron chi connectivity index (χ4n) is 1.06. The van der Waals surface area contributed by atoms with Crippen LogP contribution in [0.3, 0.4) is 0 Å². The molecule has 13 heavy (non-hydrogen) atoms. The van der Waals surface area contributed by atoms with Gasteiger partial charge in [0.25, 0.3) is 5.91 Å². The van der Waals surface area contributed by atoms with Crippen molar-refractivity contribution < 1.29 is 9.21 Å². The summed E-state index contributed by atoms with van der Waals surface area (Å²) in [4.78, 5) is 14.6. The quantitative estimate of drug-likeness (QED) is 0.704. The highest BCUT2D eigenvalue weighted by Crippen LogP contribution is 2.23. The van der Waals surface area contributed by atoms with Crippen LogP contribution in [-0.4, -0.2) is 10.9 Å². The molecule has 0 radical (unpaired) electrons. The van der Waals surface area contributed by atoms with E-state index in [-0.39, 0.29) is 10.8 Å². The molecule has 0 atom stereocenters. The zero-order valence-electron chi connectivity index (χ0n) is 6.45. The smallest absolute Gasteiger partial charge is 0.267 e. The van der Waals surface area contributed by atoms with Gasteiger partial charge < -0.3 is 10.2 Å². The van der Waals surface area contributed by atoms with Gasteiger partial charge in [-0.3, -0.25) is 4.79 Å². The van der Waals surface area contributed by atoms with E-state index in [1.807, 2.05) is 0 Å². The second kappa shape index (κ2) is 2.74. The highest BCUT2D eigenvalue weighted by Gasteiger charge is 2.09. The summed E-state index contributed by atoms with van der Waals surface area (Å²) in [6, 6.07) is 3.22. The summed E-state index contributed by atoms with van der Waals surface area (Å²) in [5.41, 5.74) is 5.65. The first-order valence-corrected chi connectivity index (χ1v) is 3.90. The van der Waals surface area contributed by atoms with E-state index in [2.05, 4.69) is 4.98 Å². The molecule has 0 bridgehead atoms. The van der Waals surface area contributed by atoms with E-state index < -0.39 is 5.91 Å². The van der Waals surface area contributed by atoms with Crippen molar-refractivity contribution in [1.29, 1.82) is 0 Å². The number of fused-ring (bicyclic) bond motifs is 1. The van der Waals surface area contributed by atoms with Crippen molar-refractivity contribution in [2.45, 2.75) is 0 Å². The number of pyridine rings is 1. The predicted octanol–water partition coefficient (Wildman–Crippen LogP) is 1.58. The molecule has 0 aliphatic heterocycles. The van der Waals surface area contributed by atoms with Crippen molar-refractivity contribution >= 4 is 28.5 Å². The summed E-state index contributed by atoms with van der Waals surface area (Å²) < 4.78 is 5.04. The van der Waals surface area contributed by atoms with Gasteiger partial charge in [0.05, 0.1) is 6.26 Å². The Morgan fingerprint density at radius 3 is 3.08 bits per heavy atom. The lowest BCUT2D eigenvalue weighted by Crippen LogP contribution is -2.12. The molecule has 2 aromatic heterocycles. The molecule has 0 aromatic carbocycles. The molecule has 0 unspecified atom stereocenters. The number of primary amides is 1. The van der Waals surface area contributed by atoms with E-state index >= 15 is 0 Å². The molecule has 0 aliphatic carbocycles. The molecule has 0 saturated heterocycles. The van der Waals surface area contributed by atoms with Crippen molar-refractivity contribution in [1.82, 2.24) is 4.98 Å². The van der Waals surface area contributed by atoms with Crippen LogP contribution in [0.4, 0.5) is 0 Å². The number of nitrogens with two attached hydrogens (primary N) is 1. The van der Waals surface area contributed by atoms with Crippen LogP contribution in [0, 0.1) is 0 Å². The number of halogens is 1. The summed E-state index contributed by atoms with van der Waals surface area (Å²) in [7, 11) is 0. The van der Waals surface area contributed by atoms with E-state index in [0.717, 1.165) is 0 Å². The van der Waals surface area contributed by atoms with Crippen molar-refractivity contribution in [2.24, 2.45) is 5.73 Å². The summed E-state index contributed by atoms with van der Waals surface area (Å²) in [6.45, 7) is 0. The van der Waals surface area contributed by atoms with Crippen molar-refractivity contribution in [3.63, 3.8) is 0 Å². The second-order valence-corrected chi connectivity index (χ2v) is 2.86. The molecule has 1 amide bonds. The highest BCUT2D eigenvalue weighted by molar-refractivity contribution is 6.33. The Bertz CT molecular complexity index is 478. The lowest BCUT2D eigenvalue weighted by Gasteiger charge is -1.95. The third kappa shape index (κ3) is 1.25. The number of nitrogens with zero attached hydrogens (tertiary/aromatic N) is 1. The zero-order valence-corrected chi connectivity index (χ0v) is 7.21. The first kappa shape index (κ1) is 8.07. The minimum atomic E-state index is -0.606. The van der Waals surface area contributed by atoms with Crippen LogP contribution in [0.1, 0.15) is 10.5 Å². The number of rotatable bonds is 1. The molecular weight excluding hydrogens is 192 g/mol. The van der Waals surface area contributed by atoms with E-state index in [1.54, 1.807) is 6.07 Å². The number of carbonyl (C=O) groups excluding carboxylic acids is 1. The Labute approximate surface area is 78.3 Å². The molecule has 5 heteroatoms. The number of aromatic nitrogens is 1. The maximum Gasteiger partial charge on any atom is 0.267 e. The average Bonchev–Trinajstić information content (AvgIpc) is 2.51. The molecule has 2 aromatic rings. The Balaban J connectivity index is 2.77. The highest BCUT2D eigenvalue weighted by atomic mass is 35.5. The third-order valence-corrected chi connectivity index (χ3v) is 1.90. The Morgan fingerprint density at radius 2 is 2.38 bits per heavy atom. The molecule has 2 heterocycles. The van der Waals surface area contributed by atoms with Crippen LogP contribution in [0.15, 0.2) is 22.8 Å². The second-order valence-electron chi connectivity index (χ2n) is 2.50. The topological polar surface area (TPSA) is 69.1 Å². The predicted molar refractivity (Wildman–Crippen MR) is 47.5 cm³/mol. The SMILES string of the molecule is NC(=O)c1cc2ccoc2c(Cl)n1. The maximum absolute atomic E-state index is 10.8. The van der Waals surface area contributed by atoms with Gasteiger partial charge in [-0.25, -0.2) is 4.98 Å². The summed E-state index contributed by atoms with van der Waals surface area (Å²) in [5.74, 6) is -0.606. The van der Waals surface area contributed by atoms with Crippen molar-refractivity contribution in [3.8, 4) is 0 Å². The maximum atomic E-state index is 10.8. The van der Waals surface area contributed by atoms with Gasteiger partial charge in [0.15, 0.2) is 10.7 Å². The number of carbonyl (C=O) groups is 1. The van der Waals surface area contributed by atoms with Crippen LogP contribution >= 0.6 is 11.6 Å². The zero-order chi connectivity index (χ0) is 9.42. The minimum Gasteiger partial charge on any atom is -0.461 e. The van der Waals surface area contributed by atoms with Gasteiger partial charge in [-0.15, -0.1) is 0 Å². The summed E-state index contributed by atoms with van der Waals surface area (Å²) in [5, 5.41) is 0.866. The third-order valence-electron chi connectivity index (χ3n) is 1.65. The first-order valence-electron chi connectivity index (χ1n) is 3.52. The number of amides is 1. The molecule has 0 fully saturated rings. The number of hydrogen-bond donors (Lipinski definition) is 1. The standard InChI is InChI=1S/C8H5ClN2O2/c9-7-6-4(1-2-13-6)3-5(11-7)8(10)12/h1-3H,(H2,10,12). The minimum absolute atomic E-state index is 0.138. The molecule has 66 valence electrons. The largest absolute Gasteiger partial charge is 0.461 e. The molecule has 2 rings (SSSR count). The number of hydrogen-bond acceptors (Lipinski definition) is 3. The lowest BCUT2D eigenvalue weighted by molar-refractivity contribution is 0.0996. The molecule has 0 spiro atoms. The Kier molecular flexibility index (Phi) is 1.70. The normalized spacial score (nSPS) is 10.5. The van der Waals surface area contributed by atoms with Gasteiger partial charge in [-0.1, -0.05) is 11.6 Å². The van der Waals surface area contributed by atoms with E-state index in [9.17, 15) is 4.79 Å². The lowest BCUT2D eigenvalue weighted by atomic mass is 10.2. The van der Waals surface area contributed by atoms with E-state index in [0.29, 0.717) is 11.0 Å². The fourth-order valence-corrected chi connectivity index (χ4v) is 1.31. The van der Waals surface area contributed by atoms with Crippen LogP contribution < -0.4 is 5.73 Å². The Morgan fingerprint density at radius 1 is 1.62 bits per heavy atom.